The minimum absolute atomic E-state index is 0.0216. The Bertz CT molecular complexity index is 413. The van der Waals surface area contributed by atoms with Gasteiger partial charge >= 0.3 is 6.18 Å². The number of halogens is 4. The molecule has 0 heterocycles. The van der Waals surface area contributed by atoms with E-state index < -0.39 is 11.7 Å². The molecule has 0 aliphatic carbocycles. The van der Waals surface area contributed by atoms with E-state index in [9.17, 15) is 13.2 Å². The fourth-order valence-electron chi connectivity index (χ4n) is 1.18. The van der Waals surface area contributed by atoms with E-state index in [4.69, 9.17) is 11.1 Å². The first-order chi connectivity index (χ1) is 6.79. The van der Waals surface area contributed by atoms with Crippen LogP contribution in [-0.4, -0.2) is 6.21 Å². The van der Waals surface area contributed by atoms with Gasteiger partial charge in [-0.05, 0) is 18.6 Å². The van der Waals surface area contributed by atoms with Gasteiger partial charge < -0.3 is 11.1 Å². The highest BCUT2D eigenvalue weighted by atomic mass is 79.9. The van der Waals surface area contributed by atoms with Crippen LogP contribution in [0.4, 0.5) is 18.9 Å². The maximum Gasteiger partial charge on any atom is 0.417 e. The quantitative estimate of drug-likeness (QED) is 0.602. The van der Waals surface area contributed by atoms with E-state index in [2.05, 4.69) is 15.9 Å². The van der Waals surface area contributed by atoms with Crippen molar-refractivity contribution in [1.82, 2.24) is 0 Å². The third-order valence-corrected chi connectivity index (χ3v) is 2.89. The van der Waals surface area contributed by atoms with Crippen LogP contribution in [0.5, 0.6) is 0 Å². The molecule has 0 fully saturated rings. The Labute approximate surface area is 92.9 Å². The summed E-state index contributed by atoms with van der Waals surface area (Å²) in [4.78, 5) is 0. The second-order valence-corrected chi connectivity index (χ2v) is 3.85. The lowest BCUT2D eigenvalue weighted by atomic mass is 10.0. The van der Waals surface area contributed by atoms with Gasteiger partial charge in [-0.25, -0.2) is 0 Å². The molecule has 0 amide bonds. The minimum atomic E-state index is -4.50. The smallest absolute Gasteiger partial charge is 0.398 e. The molecule has 3 N–H and O–H groups in total. The van der Waals surface area contributed by atoms with E-state index in [-0.39, 0.29) is 15.7 Å². The van der Waals surface area contributed by atoms with Crippen molar-refractivity contribution in [2.75, 3.05) is 5.73 Å². The standard InChI is InChI=1S/C9H8BrF3N2/c1-4-7(10)2-6(9(11,12)13)5(3-14)8(4)15/h2-3,14H,15H2,1H3. The number of anilines is 1. The van der Waals surface area contributed by atoms with E-state index in [0.717, 1.165) is 6.07 Å². The monoisotopic (exact) mass is 280 g/mol. The first-order valence-corrected chi connectivity index (χ1v) is 4.74. The molecule has 0 atom stereocenters. The van der Waals surface area contributed by atoms with Crippen molar-refractivity contribution in [2.24, 2.45) is 0 Å². The van der Waals surface area contributed by atoms with E-state index >= 15 is 0 Å². The van der Waals surface area contributed by atoms with Crippen LogP contribution < -0.4 is 5.73 Å². The molecule has 0 radical (unpaired) electrons. The lowest BCUT2D eigenvalue weighted by molar-refractivity contribution is -0.137. The molecule has 0 aliphatic heterocycles. The number of alkyl halides is 3. The normalized spacial score (nSPS) is 11.5. The lowest BCUT2D eigenvalue weighted by Gasteiger charge is -2.15. The Hall–Kier alpha value is -1.04. The Morgan fingerprint density at radius 3 is 2.40 bits per heavy atom. The van der Waals surface area contributed by atoms with E-state index in [1.165, 1.54) is 0 Å². The average Bonchev–Trinajstić information content (AvgIpc) is 2.12. The molecule has 0 saturated heterocycles. The topological polar surface area (TPSA) is 49.9 Å². The predicted molar refractivity (Wildman–Crippen MR) is 56.2 cm³/mol. The van der Waals surface area contributed by atoms with Crippen LogP contribution in [0.3, 0.4) is 0 Å². The van der Waals surface area contributed by atoms with Crippen LogP contribution in [0.2, 0.25) is 0 Å². The molecule has 0 aliphatic rings. The zero-order valence-corrected chi connectivity index (χ0v) is 9.33. The number of rotatable bonds is 1. The van der Waals surface area contributed by atoms with E-state index in [0.29, 0.717) is 11.8 Å². The fourth-order valence-corrected chi connectivity index (χ4v) is 1.62. The lowest BCUT2D eigenvalue weighted by Crippen LogP contribution is -2.12. The second kappa shape index (κ2) is 3.84. The molecule has 1 rings (SSSR count). The van der Waals surface area contributed by atoms with Gasteiger partial charge in [0.2, 0.25) is 0 Å². The van der Waals surface area contributed by atoms with Crippen molar-refractivity contribution in [3.8, 4) is 0 Å². The van der Waals surface area contributed by atoms with Crippen molar-refractivity contribution in [3.63, 3.8) is 0 Å². The fraction of sp³-hybridized carbons (Fsp3) is 0.222. The molecule has 0 unspecified atom stereocenters. The highest BCUT2D eigenvalue weighted by Gasteiger charge is 2.34. The van der Waals surface area contributed by atoms with Gasteiger partial charge in [-0.15, -0.1) is 0 Å². The van der Waals surface area contributed by atoms with Crippen molar-refractivity contribution in [1.29, 1.82) is 5.41 Å². The zero-order valence-electron chi connectivity index (χ0n) is 7.74. The summed E-state index contributed by atoms with van der Waals surface area (Å²) in [5.41, 5.74) is 4.81. The van der Waals surface area contributed by atoms with Crippen LogP contribution in [0.25, 0.3) is 0 Å². The Kier molecular flexibility index (Phi) is 3.08. The molecule has 0 spiro atoms. The molecule has 0 saturated carbocycles. The highest BCUT2D eigenvalue weighted by Crippen LogP contribution is 2.37. The van der Waals surface area contributed by atoms with Gasteiger partial charge in [-0.1, -0.05) is 15.9 Å². The van der Waals surface area contributed by atoms with Gasteiger partial charge in [0, 0.05) is 21.9 Å². The SMILES string of the molecule is Cc1c(Br)cc(C(F)(F)F)c(C=N)c1N. The third-order valence-electron chi connectivity index (χ3n) is 2.06. The molecule has 2 nitrogen and oxygen atoms in total. The molecular weight excluding hydrogens is 273 g/mol. The number of hydrogen-bond acceptors (Lipinski definition) is 2. The van der Waals surface area contributed by atoms with Gasteiger partial charge in [0.25, 0.3) is 0 Å². The Morgan fingerprint density at radius 2 is 2.00 bits per heavy atom. The van der Waals surface area contributed by atoms with Gasteiger partial charge in [0.15, 0.2) is 0 Å². The summed E-state index contributed by atoms with van der Waals surface area (Å²) in [5, 5.41) is 6.95. The number of nitrogens with one attached hydrogen (secondary N) is 1. The zero-order chi connectivity index (χ0) is 11.8. The first-order valence-electron chi connectivity index (χ1n) is 3.95. The van der Waals surface area contributed by atoms with Gasteiger partial charge in [-0.3, -0.25) is 0 Å². The van der Waals surface area contributed by atoms with Gasteiger partial charge in [0.05, 0.1) is 5.56 Å². The minimum Gasteiger partial charge on any atom is -0.398 e. The van der Waals surface area contributed by atoms with Gasteiger partial charge in [0.1, 0.15) is 0 Å². The van der Waals surface area contributed by atoms with Crippen molar-refractivity contribution < 1.29 is 13.2 Å². The number of nitrogen functional groups attached to an aromatic ring is 1. The van der Waals surface area contributed by atoms with Crippen LogP contribution in [0.1, 0.15) is 16.7 Å². The van der Waals surface area contributed by atoms with Crippen LogP contribution in [0, 0.1) is 12.3 Å². The summed E-state index contributed by atoms with van der Waals surface area (Å²) in [7, 11) is 0. The third kappa shape index (κ3) is 2.14. The maximum atomic E-state index is 12.5. The van der Waals surface area contributed by atoms with Gasteiger partial charge in [-0.2, -0.15) is 13.2 Å². The van der Waals surface area contributed by atoms with E-state index in [1.807, 2.05) is 0 Å². The van der Waals surface area contributed by atoms with Crippen molar-refractivity contribution in [3.05, 3.63) is 27.2 Å². The number of nitrogens with two attached hydrogens (primary N) is 1. The second-order valence-electron chi connectivity index (χ2n) is 3.00. The predicted octanol–water partition coefficient (Wildman–Crippen LogP) is 3.36. The summed E-state index contributed by atoms with van der Waals surface area (Å²) >= 11 is 3.00. The van der Waals surface area contributed by atoms with Crippen LogP contribution in [0.15, 0.2) is 10.5 Å². The van der Waals surface area contributed by atoms with Crippen molar-refractivity contribution >= 4 is 27.8 Å². The average molecular weight is 281 g/mol. The molecule has 82 valence electrons. The summed E-state index contributed by atoms with van der Waals surface area (Å²) in [6, 6.07) is 0.937. The first kappa shape index (κ1) is 12.0. The molecule has 15 heavy (non-hydrogen) atoms. The Morgan fingerprint density at radius 1 is 1.47 bits per heavy atom. The van der Waals surface area contributed by atoms with Crippen LogP contribution in [-0.2, 0) is 6.18 Å². The Balaban J connectivity index is 3.60. The summed E-state index contributed by atoms with van der Waals surface area (Å²) in [6.07, 6.45) is -3.88. The summed E-state index contributed by atoms with van der Waals surface area (Å²) in [5.74, 6) is 0. The molecule has 0 bridgehead atoms. The molecule has 0 aromatic heterocycles. The largest absolute Gasteiger partial charge is 0.417 e. The van der Waals surface area contributed by atoms with E-state index in [1.54, 1.807) is 6.92 Å². The molecular formula is C9H8BrF3N2. The summed E-state index contributed by atoms with van der Waals surface area (Å²) in [6.45, 7) is 1.59. The maximum absolute atomic E-state index is 12.5. The molecule has 1 aromatic rings. The number of benzene rings is 1. The highest BCUT2D eigenvalue weighted by molar-refractivity contribution is 9.10. The summed E-state index contributed by atoms with van der Waals surface area (Å²) < 4.78 is 37.9. The molecule has 1 aromatic carbocycles. The van der Waals surface area contributed by atoms with Crippen LogP contribution >= 0.6 is 15.9 Å². The van der Waals surface area contributed by atoms with Crippen molar-refractivity contribution in [2.45, 2.75) is 13.1 Å². The molecule has 6 heteroatoms. The number of hydrogen-bond donors (Lipinski definition) is 2.